The van der Waals surface area contributed by atoms with Crippen LogP contribution in [0.2, 0.25) is 0 Å². The molecule has 2 rings (SSSR count). The Labute approximate surface area is 116 Å². The van der Waals surface area contributed by atoms with Crippen molar-refractivity contribution in [1.82, 2.24) is 9.55 Å². The SMILES string of the molecule is CCCn1ccnc1C(N)c1ccc(C)cc1Br. The lowest BCUT2D eigenvalue weighted by Gasteiger charge is -2.16. The van der Waals surface area contributed by atoms with Crippen molar-refractivity contribution in [2.75, 3.05) is 0 Å². The molecule has 1 unspecified atom stereocenters. The maximum Gasteiger partial charge on any atom is 0.130 e. The number of aryl methyl sites for hydroxylation is 2. The van der Waals surface area contributed by atoms with Gasteiger partial charge in [0, 0.05) is 23.4 Å². The van der Waals surface area contributed by atoms with Crippen molar-refractivity contribution in [1.29, 1.82) is 0 Å². The van der Waals surface area contributed by atoms with Crippen molar-refractivity contribution >= 4 is 15.9 Å². The molecule has 0 aliphatic rings. The third-order valence-electron chi connectivity index (χ3n) is 2.98. The van der Waals surface area contributed by atoms with E-state index in [1.165, 1.54) is 5.56 Å². The highest BCUT2D eigenvalue weighted by molar-refractivity contribution is 9.10. The number of aromatic nitrogens is 2. The van der Waals surface area contributed by atoms with Crippen LogP contribution in [0, 0.1) is 6.92 Å². The minimum Gasteiger partial charge on any atom is -0.333 e. The summed E-state index contributed by atoms with van der Waals surface area (Å²) in [5, 5.41) is 0. The van der Waals surface area contributed by atoms with Crippen LogP contribution in [0.5, 0.6) is 0 Å². The van der Waals surface area contributed by atoms with E-state index < -0.39 is 0 Å². The molecule has 1 heterocycles. The summed E-state index contributed by atoms with van der Waals surface area (Å²) in [7, 11) is 0. The van der Waals surface area contributed by atoms with Gasteiger partial charge in [-0.05, 0) is 30.5 Å². The molecule has 2 aromatic rings. The summed E-state index contributed by atoms with van der Waals surface area (Å²) >= 11 is 3.58. The van der Waals surface area contributed by atoms with Crippen molar-refractivity contribution in [3.05, 3.63) is 52.0 Å². The van der Waals surface area contributed by atoms with Crippen LogP contribution in [0.3, 0.4) is 0 Å². The van der Waals surface area contributed by atoms with Crippen LogP contribution in [0.1, 0.15) is 36.3 Å². The van der Waals surface area contributed by atoms with Gasteiger partial charge in [0.1, 0.15) is 5.82 Å². The van der Waals surface area contributed by atoms with Crippen molar-refractivity contribution in [2.24, 2.45) is 5.73 Å². The van der Waals surface area contributed by atoms with E-state index in [9.17, 15) is 0 Å². The maximum absolute atomic E-state index is 6.33. The lowest BCUT2D eigenvalue weighted by Crippen LogP contribution is -2.18. The van der Waals surface area contributed by atoms with E-state index >= 15 is 0 Å². The second-order valence-electron chi connectivity index (χ2n) is 4.48. The van der Waals surface area contributed by atoms with Crippen LogP contribution in [0.4, 0.5) is 0 Å². The first-order valence-corrected chi connectivity index (χ1v) is 6.95. The molecule has 0 radical (unpaired) electrons. The van der Waals surface area contributed by atoms with Gasteiger partial charge in [0.2, 0.25) is 0 Å². The standard InChI is InChI=1S/C14H18BrN3/c1-3-7-18-8-6-17-14(18)13(16)11-5-4-10(2)9-12(11)15/h4-6,8-9,13H,3,7,16H2,1-2H3. The number of hydrogen-bond donors (Lipinski definition) is 1. The lowest BCUT2D eigenvalue weighted by molar-refractivity contribution is 0.612. The Bertz CT molecular complexity index is 534. The zero-order chi connectivity index (χ0) is 13.1. The van der Waals surface area contributed by atoms with Crippen LogP contribution in [-0.4, -0.2) is 9.55 Å². The summed E-state index contributed by atoms with van der Waals surface area (Å²) in [6.45, 7) is 5.17. The van der Waals surface area contributed by atoms with Crippen molar-refractivity contribution in [2.45, 2.75) is 32.9 Å². The zero-order valence-corrected chi connectivity index (χ0v) is 12.3. The second kappa shape index (κ2) is 5.67. The minimum absolute atomic E-state index is 0.193. The number of halogens is 1. The van der Waals surface area contributed by atoms with Crippen LogP contribution in [-0.2, 0) is 6.54 Å². The summed E-state index contributed by atoms with van der Waals surface area (Å²) < 4.78 is 3.16. The van der Waals surface area contributed by atoms with Crippen molar-refractivity contribution < 1.29 is 0 Å². The number of benzene rings is 1. The average molecular weight is 308 g/mol. The van der Waals surface area contributed by atoms with Gasteiger partial charge >= 0.3 is 0 Å². The largest absolute Gasteiger partial charge is 0.333 e. The Kier molecular flexibility index (Phi) is 4.19. The van der Waals surface area contributed by atoms with Crippen LogP contribution in [0.15, 0.2) is 35.1 Å². The monoisotopic (exact) mass is 307 g/mol. The molecule has 2 N–H and O–H groups in total. The fraction of sp³-hybridized carbons (Fsp3) is 0.357. The van der Waals surface area contributed by atoms with Gasteiger partial charge in [-0.2, -0.15) is 0 Å². The summed E-state index contributed by atoms with van der Waals surface area (Å²) in [5.41, 5.74) is 8.62. The Morgan fingerprint density at radius 2 is 2.22 bits per heavy atom. The van der Waals surface area contributed by atoms with E-state index in [1.807, 2.05) is 12.4 Å². The summed E-state index contributed by atoms with van der Waals surface area (Å²) in [6, 6.07) is 6.03. The molecule has 1 aromatic heterocycles. The highest BCUT2D eigenvalue weighted by atomic mass is 79.9. The van der Waals surface area contributed by atoms with E-state index in [-0.39, 0.29) is 6.04 Å². The van der Waals surface area contributed by atoms with Crippen molar-refractivity contribution in [3.8, 4) is 0 Å². The molecule has 0 amide bonds. The van der Waals surface area contributed by atoms with Gasteiger partial charge < -0.3 is 10.3 Å². The van der Waals surface area contributed by atoms with E-state index in [0.29, 0.717) is 0 Å². The molecule has 96 valence electrons. The third-order valence-corrected chi connectivity index (χ3v) is 3.67. The molecule has 0 fully saturated rings. The molecule has 0 aliphatic heterocycles. The predicted molar refractivity (Wildman–Crippen MR) is 77.4 cm³/mol. The first-order valence-electron chi connectivity index (χ1n) is 6.16. The topological polar surface area (TPSA) is 43.8 Å². The van der Waals surface area contributed by atoms with Crippen molar-refractivity contribution in [3.63, 3.8) is 0 Å². The summed E-state index contributed by atoms with van der Waals surface area (Å²) in [4.78, 5) is 4.39. The minimum atomic E-state index is -0.193. The molecule has 1 atom stereocenters. The van der Waals surface area contributed by atoms with E-state index in [0.717, 1.165) is 28.8 Å². The molecule has 4 heteroatoms. The number of hydrogen-bond acceptors (Lipinski definition) is 2. The van der Waals surface area contributed by atoms with E-state index in [4.69, 9.17) is 5.73 Å². The highest BCUT2D eigenvalue weighted by Gasteiger charge is 2.16. The second-order valence-corrected chi connectivity index (χ2v) is 5.34. The molecule has 0 bridgehead atoms. The Hall–Kier alpha value is -1.13. The summed E-state index contributed by atoms with van der Waals surface area (Å²) in [5.74, 6) is 0.918. The Morgan fingerprint density at radius 1 is 1.44 bits per heavy atom. The first-order chi connectivity index (χ1) is 8.63. The van der Waals surface area contributed by atoms with Crippen LogP contribution < -0.4 is 5.73 Å². The maximum atomic E-state index is 6.33. The number of nitrogens with zero attached hydrogens (tertiary/aromatic N) is 2. The van der Waals surface area contributed by atoms with Crippen LogP contribution >= 0.6 is 15.9 Å². The molecule has 0 spiro atoms. The van der Waals surface area contributed by atoms with Gasteiger partial charge in [-0.3, -0.25) is 0 Å². The molecular formula is C14H18BrN3. The normalized spacial score (nSPS) is 12.7. The zero-order valence-electron chi connectivity index (χ0n) is 10.7. The van der Waals surface area contributed by atoms with Gasteiger partial charge in [-0.15, -0.1) is 0 Å². The van der Waals surface area contributed by atoms with Gasteiger partial charge in [-0.25, -0.2) is 4.98 Å². The van der Waals surface area contributed by atoms with E-state index in [2.05, 4.69) is 57.5 Å². The van der Waals surface area contributed by atoms with Gasteiger partial charge in [0.05, 0.1) is 6.04 Å². The highest BCUT2D eigenvalue weighted by Crippen LogP contribution is 2.27. The average Bonchev–Trinajstić information content (AvgIpc) is 2.77. The Balaban J connectivity index is 2.35. The smallest absolute Gasteiger partial charge is 0.130 e. The molecule has 0 aliphatic carbocycles. The molecule has 0 saturated heterocycles. The molecule has 18 heavy (non-hydrogen) atoms. The summed E-state index contributed by atoms with van der Waals surface area (Å²) in [6.07, 6.45) is 4.87. The Morgan fingerprint density at radius 3 is 2.89 bits per heavy atom. The van der Waals surface area contributed by atoms with E-state index in [1.54, 1.807) is 0 Å². The van der Waals surface area contributed by atoms with Crippen LogP contribution in [0.25, 0.3) is 0 Å². The molecule has 0 saturated carbocycles. The number of imidazole rings is 1. The third kappa shape index (κ3) is 2.65. The van der Waals surface area contributed by atoms with Gasteiger partial charge in [0.25, 0.3) is 0 Å². The predicted octanol–water partition coefficient (Wildman–Crippen LogP) is 3.41. The fourth-order valence-electron chi connectivity index (χ4n) is 2.05. The lowest BCUT2D eigenvalue weighted by atomic mass is 10.1. The fourth-order valence-corrected chi connectivity index (χ4v) is 2.79. The molecule has 3 nitrogen and oxygen atoms in total. The number of nitrogens with two attached hydrogens (primary N) is 1. The number of rotatable bonds is 4. The quantitative estimate of drug-likeness (QED) is 0.940. The molecular weight excluding hydrogens is 290 g/mol. The first kappa shape index (κ1) is 13.3. The molecule has 1 aromatic carbocycles. The van der Waals surface area contributed by atoms with Gasteiger partial charge in [-0.1, -0.05) is 35.0 Å². The van der Waals surface area contributed by atoms with Gasteiger partial charge in [0.15, 0.2) is 0 Å².